The van der Waals surface area contributed by atoms with Gasteiger partial charge in [-0.25, -0.2) is 4.98 Å². The van der Waals surface area contributed by atoms with Crippen LogP contribution in [0.5, 0.6) is 5.88 Å². The summed E-state index contributed by atoms with van der Waals surface area (Å²) in [4.78, 5) is 8.31. The zero-order valence-corrected chi connectivity index (χ0v) is 9.32. The zero-order chi connectivity index (χ0) is 11.3. The van der Waals surface area contributed by atoms with E-state index in [1.165, 1.54) is 0 Å². The standard InChI is InChI=1S/C10H17N3O2/c1-4-15-10-5-9(11-7(2)6-14)12-8(3)13-10/h5,7,14H,4,6H2,1-3H3,(H,11,12,13). The van der Waals surface area contributed by atoms with Crippen molar-refractivity contribution < 1.29 is 9.84 Å². The van der Waals surface area contributed by atoms with Crippen LogP contribution < -0.4 is 10.1 Å². The number of nitrogens with zero attached hydrogens (tertiary/aromatic N) is 2. The number of aryl methyl sites for hydroxylation is 1. The van der Waals surface area contributed by atoms with Gasteiger partial charge in [0.05, 0.1) is 13.2 Å². The van der Waals surface area contributed by atoms with Gasteiger partial charge in [0, 0.05) is 12.1 Å². The van der Waals surface area contributed by atoms with Crippen LogP contribution in [0.1, 0.15) is 19.7 Å². The lowest BCUT2D eigenvalue weighted by molar-refractivity contribution is 0.281. The van der Waals surface area contributed by atoms with Gasteiger partial charge in [-0.2, -0.15) is 4.98 Å². The van der Waals surface area contributed by atoms with Gasteiger partial charge < -0.3 is 15.2 Å². The minimum Gasteiger partial charge on any atom is -0.478 e. The Morgan fingerprint density at radius 2 is 2.27 bits per heavy atom. The van der Waals surface area contributed by atoms with E-state index in [0.717, 1.165) is 0 Å². The van der Waals surface area contributed by atoms with Gasteiger partial charge in [-0.3, -0.25) is 0 Å². The van der Waals surface area contributed by atoms with Crippen LogP contribution in [0.25, 0.3) is 0 Å². The van der Waals surface area contributed by atoms with Crippen molar-refractivity contribution in [3.63, 3.8) is 0 Å². The minimum atomic E-state index is -0.0335. The molecule has 0 aliphatic rings. The summed E-state index contributed by atoms with van der Waals surface area (Å²) in [5.74, 6) is 1.87. The molecule has 0 spiro atoms. The van der Waals surface area contributed by atoms with E-state index in [1.54, 1.807) is 13.0 Å². The second-order valence-electron chi connectivity index (χ2n) is 3.30. The Bertz CT molecular complexity index is 318. The zero-order valence-electron chi connectivity index (χ0n) is 9.32. The van der Waals surface area contributed by atoms with E-state index >= 15 is 0 Å². The summed E-state index contributed by atoms with van der Waals surface area (Å²) < 4.78 is 5.29. The Labute approximate surface area is 89.5 Å². The van der Waals surface area contributed by atoms with Crippen molar-refractivity contribution in [3.05, 3.63) is 11.9 Å². The van der Waals surface area contributed by atoms with Crippen molar-refractivity contribution in [2.24, 2.45) is 0 Å². The predicted octanol–water partition coefficient (Wildman–Crippen LogP) is 0.976. The van der Waals surface area contributed by atoms with E-state index in [4.69, 9.17) is 9.84 Å². The second kappa shape index (κ2) is 5.50. The molecule has 84 valence electrons. The van der Waals surface area contributed by atoms with Crippen LogP contribution >= 0.6 is 0 Å². The number of aliphatic hydroxyl groups excluding tert-OH is 1. The quantitative estimate of drug-likeness (QED) is 0.759. The molecular formula is C10H17N3O2. The molecule has 0 saturated carbocycles. The molecular weight excluding hydrogens is 194 g/mol. The van der Waals surface area contributed by atoms with E-state index in [1.807, 2.05) is 13.8 Å². The fourth-order valence-electron chi connectivity index (χ4n) is 1.13. The highest BCUT2D eigenvalue weighted by Crippen LogP contribution is 2.13. The van der Waals surface area contributed by atoms with Gasteiger partial charge in [-0.1, -0.05) is 0 Å². The van der Waals surface area contributed by atoms with Crippen LogP contribution in [0.4, 0.5) is 5.82 Å². The lowest BCUT2D eigenvalue weighted by Crippen LogP contribution is -2.20. The first-order valence-electron chi connectivity index (χ1n) is 5.01. The highest BCUT2D eigenvalue weighted by Gasteiger charge is 2.05. The van der Waals surface area contributed by atoms with E-state index in [0.29, 0.717) is 24.1 Å². The van der Waals surface area contributed by atoms with E-state index in [9.17, 15) is 0 Å². The van der Waals surface area contributed by atoms with Crippen molar-refractivity contribution >= 4 is 5.82 Å². The van der Waals surface area contributed by atoms with Gasteiger partial charge in [0.1, 0.15) is 11.6 Å². The smallest absolute Gasteiger partial charge is 0.218 e. The third kappa shape index (κ3) is 3.71. The summed E-state index contributed by atoms with van der Waals surface area (Å²) in [7, 11) is 0. The summed E-state index contributed by atoms with van der Waals surface area (Å²) in [5.41, 5.74) is 0. The predicted molar refractivity (Wildman–Crippen MR) is 58.1 cm³/mol. The van der Waals surface area contributed by atoms with Crippen molar-refractivity contribution in [3.8, 4) is 5.88 Å². The SMILES string of the molecule is CCOc1cc(NC(C)CO)nc(C)n1. The number of aliphatic hydroxyl groups is 1. The summed E-state index contributed by atoms with van der Waals surface area (Å²) in [6.45, 7) is 6.22. The molecule has 1 heterocycles. The maximum Gasteiger partial charge on any atom is 0.218 e. The summed E-state index contributed by atoms with van der Waals surface area (Å²) in [6.07, 6.45) is 0. The molecule has 5 heteroatoms. The third-order valence-electron chi connectivity index (χ3n) is 1.77. The molecule has 1 aromatic heterocycles. The number of hydrogen-bond donors (Lipinski definition) is 2. The molecule has 1 aromatic rings. The number of hydrogen-bond acceptors (Lipinski definition) is 5. The van der Waals surface area contributed by atoms with Crippen LogP contribution in [0.3, 0.4) is 0 Å². The molecule has 5 nitrogen and oxygen atoms in total. The largest absolute Gasteiger partial charge is 0.478 e. The number of rotatable bonds is 5. The number of ether oxygens (including phenoxy) is 1. The van der Waals surface area contributed by atoms with Gasteiger partial charge in [0.25, 0.3) is 0 Å². The molecule has 0 amide bonds. The lowest BCUT2D eigenvalue weighted by atomic mass is 10.3. The van der Waals surface area contributed by atoms with E-state index in [2.05, 4.69) is 15.3 Å². The van der Waals surface area contributed by atoms with Crippen LogP contribution in [0, 0.1) is 6.92 Å². The first-order chi connectivity index (χ1) is 7.15. The molecule has 0 aliphatic carbocycles. The number of aromatic nitrogens is 2. The summed E-state index contributed by atoms with van der Waals surface area (Å²) in [6, 6.07) is 1.69. The molecule has 2 N–H and O–H groups in total. The molecule has 0 saturated heterocycles. The summed E-state index contributed by atoms with van der Waals surface area (Å²) >= 11 is 0. The molecule has 15 heavy (non-hydrogen) atoms. The maximum absolute atomic E-state index is 8.90. The van der Waals surface area contributed by atoms with Crippen molar-refractivity contribution in [2.75, 3.05) is 18.5 Å². The van der Waals surface area contributed by atoms with E-state index < -0.39 is 0 Å². The normalized spacial score (nSPS) is 12.3. The Morgan fingerprint density at radius 3 is 2.87 bits per heavy atom. The Hall–Kier alpha value is -1.36. The third-order valence-corrected chi connectivity index (χ3v) is 1.77. The molecule has 0 aromatic carbocycles. The Morgan fingerprint density at radius 1 is 1.53 bits per heavy atom. The van der Waals surface area contributed by atoms with Gasteiger partial charge in [0.2, 0.25) is 5.88 Å². The average Bonchev–Trinajstić information content (AvgIpc) is 2.17. The van der Waals surface area contributed by atoms with Gasteiger partial charge in [-0.15, -0.1) is 0 Å². The Kier molecular flexibility index (Phi) is 4.30. The van der Waals surface area contributed by atoms with Crippen molar-refractivity contribution in [1.82, 2.24) is 9.97 Å². The molecule has 0 bridgehead atoms. The van der Waals surface area contributed by atoms with Crippen LogP contribution in [-0.4, -0.2) is 34.3 Å². The topological polar surface area (TPSA) is 67.3 Å². The van der Waals surface area contributed by atoms with E-state index in [-0.39, 0.29) is 12.6 Å². The van der Waals surface area contributed by atoms with Crippen LogP contribution in [0.15, 0.2) is 6.07 Å². The first-order valence-corrected chi connectivity index (χ1v) is 5.01. The molecule has 0 fully saturated rings. The number of anilines is 1. The van der Waals surface area contributed by atoms with Gasteiger partial charge in [0.15, 0.2) is 0 Å². The first kappa shape index (κ1) is 11.7. The summed E-state index contributed by atoms with van der Waals surface area (Å²) in [5, 5.41) is 12.0. The fraction of sp³-hybridized carbons (Fsp3) is 0.600. The number of nitrogens with one attached hydrogen (secondary N) is 1. The van der Waals surface area contributed by atoms with Crippen LogP contribution in [-0.2, 0) is 0 Å². The van der Waals surface area contributed by atoms with Gasteiger partial charge in [-0.05, 0) is 20.8 Å². The monoisotopic (exact) mass is 211 g/mol. The van der Waals surface area contributed by atoms with Gasteiger partial charge >= 0.3 is 0 Å². The molecule has 0 radical (unpaired) electrons. The highest BCUT2D eigenvalue weighted by molar-refractivity contribution is 5.39. The van der Waals surface area contributed by atoms with Crippen molar-refractivity contribution in [2.45, 2.75) is 26.8 Å². The average molecular weight is 211 g/mol. The molecule has 1 rings (SSSR count). The van der Waals surface area contributed by atoms with Crippen molar-refractivity contribution in [1.29, 1.82) is 0 Å². The maximum atomic E-state index is 8.90. The lowest BCUT2D eigenvalue weighted by Gasteiger charge is -2.12. The Balaban J connectivity index is 2.78. The van der Waals surface area contributed by atoms with Crippen LogP contribution in [0.2, 0.25) is 0 Å². The second-order valence-corrected chi connectivity index (χ2v) is 3.30. The highest BCUT2D eigenvalue weighted by atomic mass is 16.5. The molecule has 1 atom stereocenters. The minimum absolute atomic E-state index is 0.0335. The molecule has 1 unspecified atom stereocenters. The fourth-order valence-corrected chi connectivity index (χ4v) is 1.13. The molecule has 0 aliphatic heterocycles.